The van der Waals surface area contributed by atoms with Crippen molar-refractivity contribution in [2.75, 3.05) is 13.1 Å². The van der Waals surface area contributed by atoms with Crippen LogP contribution in [-0.2, 0) is 10.0 Å². The predicted octanol–water partition coefficient (Wildman–Crippen LogP) is 4.25. The summed E-state index contributed by atoms with van der Waals surface area (Å²) in [6.45, 7) is 3.13. The van der Waals surface area contributed by atoms with Gasteiger partial charge in [0.15, 0.2) is 0 Å². The number of halogens is 1. The van der Waals surface area contributed by atoms with Crippen LogP contribution in [0.15, 0.2) is 52.5 Å². The van der Waals surface area contributed by atoms with E-state index in [9.17, 15) is 12.8 Å². The quantitative estimate of drug-likeness (QED) is 0.728. The Morgan fingerprint density at radius 2 is 1.92 bits per heavy atom. The molecule has 0 amide bonds. The zero-order valence-electron chi connectivity index (χ0n) is 14.1. The summed E-state index contributed by atoms with van der Waals surface area (Å²) >= 11 is 1.47. The molecule has 3 rings (SSSR count). The van der Waals surface area contributed by atoms with Crippen LogP contribution in [0.1, 0.15) is 37.0 Å². The number of hydrogen-bond donors (Lipinski definition) is 0. The van der Waals surface area contributed by atoms with Crippen molar-refractivity contribution >= 4 is 21.8 Å². The number of rotatable bonds is 5. The Labute approximate surface area is 152 Å². The minimum Gasteiger partial charge on any atom is -0.249 e. The molecule has 1 saturated heterocycles. The molecule has 2 aromatic rings. The Bertz CT molecular complexity index is 819. The van der Waals surface area contributed by atoms with E-state index in [1.807, 2.05) is 13.0 Å². The summed E-state index contributed by atoms with van der Waals surface area (Å²) in [5.74, 6) is -0.263. The summed E-state index contributed by atoms with van der Waals surface area (Å²) in [4.78, 5) is 4.52. The number of hydrogen-bond acceptors (Lipinski definition) is 4. The van der Waals surface area contributed by atoms with Crippen LogP contribution in [0.25, 0.3) is 0 Å². The summed E-state index contributed by atoms with van der Waals surface area (Å²) in [6, 6.07) is 9.81. The lowest BCUT2D eigenvalue weighted by Crippen LogP contribution is -2.35. The second-order valence-electron chi connectivity index (χ2n) is 6.11. The number of piperidine rings is 1. The van der Waals surface area contributed by atoms with E-state index in [0.29, 0.717) is 18.1 Å². The van der Waals surface area contributed by atoms with Crippen LogP contribution in [0.4, 0.5) is 4.39 Å². The summed E-state index contributed by atoms with van der Waals surface area (Å²) in [7, 11) is -3.45. The van der Waals surface area contributed by atoms with Crippen molar-refractivity contribution in [2.24, 2.45) is 0 Å². The molecule has 2 heterocycles. The lowest BCUT2D eigenvalue weighted by atomic mass is 10.2. The van der Waals surface area contributed by atoms with E-state index in [0.717, 1.165) is 24.8 Å². The van der Waals surface area contributed by atoms with Gasteiger partial charge in [-0.2, -0.15) is 4.31 Å². The zero-order valence-corrected chi connectivity index (χ0v) is 15.7. The largest absolute Gasteiger partial charge is 0.249 e. The zero-order chi connectivity index (χ0) is 17.9. The van der Waals surface area contributed by atoms with Crippen LogP contribution in [0, 0.1) is 5.82 Å². The molecule has 25 heavy (non-hydrogen) atoms. The number of benzene rings is 1. The predicted molar refractivity (Wildman–Crippen MR) is 97.5 cm³/mol. The van der Waals surface area contributed by atoms with Crippen molar-refractivity contribution in [1.82, 2.24) is 9.29 Å². The Balaban J connectivity index is 1.71. The van der Waals surface area contributed by atoms with Crippen LogP contribution in [0.3, 0.4) is 0 Å². The molecule has 0 radical (unpaired) electrons. The van der Waals surface area contributed by atoms with Crippen LogP contribution in [0.5, 0.6) is 0 Å². The second kappa shape index (κ2) is 7.85. The van der Waals surface area contributed by atoms with Crippen molar-refractivity contribution < 1.29 is 12.8 Å². The van der Waals surface area contributed by atoms with Crippen LogP contribution < -0.4 is 0 Å². The Hall–Kier alpha value is -1.44. The molecule has 0 bridgehead atoms. The molecule has 0 N–H and O–H groups in total. The topological polar surface area (TPSA) is 50.3 Å². The fourth-order valence-corrected chi connectivity index (χ4v) is 5.22. The summed E-state index contributed by atoms with van der Waals surface area (Å²) in [5.41, 5.74) is 0.872. The van der Waals surface area contributed by atoms with Crippen molar-refractivity contribution in [1.29, 1.82) is 0 Å². The lowest BCUT2D eigenvalue weighted by Gasteiger charge is -2.25. The normalized spacial score (nSPS) is 17.4. The molecule has 1 aromatic heterocycles. The highest BCUT2D eigenvalue weighted by Gasteiger charge is 2.26. The maximum absolute atomic E-state index is 13.3. The Morgan fingerprint density at radius 1 is 1.16 bits per heavy atom. The van der Waals surface area contributed by atoms with Gasteiger partial charge >= 0.3 is 0 Å². The highest BCUT2D eigenvalue weighted by Crippen LogP contribution is 2.34. The third-order valence-electron chi connectivity index (χ3n) is 4.28. The van der Waals surface area contributed by atoms with E-state index in [1.165, 1.54) is 34.4 Å². The molecule has 1 aromatic carbocycles. The standard InChI is InChI=1S/C18H21FN2O2S2/c1-14(15-6-5-7-16(19)12-15)24-18-9-8-17(13-20-18)25(22,23)21-10-3-2-4-11-21/h5-9,12-14H,2-4,10-11H2,1H3. The van der Waals surface area contributed by atoms with Gasteiger partial charge in [-0.1, -0.05) is 30.3 Å². The van der Waals surface area contributed by atoms with Gasteiger partial charge in [0.25, 0.3) is 0 Å². The monoisotopic (exact) mass is 380 g/mol. The smallest absolute Gasteiger partial charge is 0.244 e. The Morgan fingerprint density at radius 3 is 2.56 bits per heavy atom. The van der Waals surface area contributed by atoms with E-state index in [-0.39, 0.29) is 16.0 Å². The number of nitrogens with zero attached hydrogens (tertiary/aromatic N) is 2. The Kier molecular flexibility index (Phi) is 5.76. The van der Waals surface area contributed by atoms with Crippen molar-refractivity contribution in [3.8, 4) is 0 Å². The number of thioether (sulfide) groups is 1. The molecule has 4 nitrogen and oxygen atoms in total. The van der Waals surface area contributed by atoms with E-state index in [4.69, 9.17) is 0 Å². The molecule has 1 aliphatic heterocycles. The average molecular weight is 381 g/mol. The van der Waals surface area contributed by atoms with Gasteiger partial charge in [-0.05, 0) is 49.6 Å². The lowest BCUT2D eigenvalue weighted by molar-refractivity contribution is 0.346. The maximum Gasteiger partial charge on any atom is 0.244 e. The van der Waals surface area contributed by atoms with E-state index >= 15 is 0 Å². The fraction of sp³-hybridized carbons (Fsp3) is 0.389. The second-order valence-corrected chi connectivity index (χ2v) is 9.41. The first-order valence-corrected chi connectivity index (χ1v) is 10.7. The summed E-state index contributed by atoms with van der Waals surface area (Å²) in [5, 5.41) is 0.738. The molecule has 0 aliphatic carbocycles. The molecule has 1 unspecified atom stereocenters. The first-order valence-electron chi connectivity index (χ1n) is 8.35. The molecular weight excluding hydrogens is 359 g/mol. The molecule has 0 saturated carbocycles. The van der Waals surface area contributed by atoms with Gasteiger partial charge < -0.3 is 0 Å². The molecule has 1 aliphatic rings. The molecule has 1 atom stereocenters. The van der Waals surface area contributed by atoms with Gasteiger partial charge in [-0.15, -0.1) is 0 Å². The molecule has 1 fully saturated rings. The van der Waals surface area contributed by atoms with Gasteiger partial charge in [0.1, 0.15) is 10.7 Å². The van der Waals surface area contributed by atoms with Crippen molar-refractivity contribution in [2.45, 2.75) is 41.4 Å². The molecule has 0 spiro atoms. The third kappa shape index (κ3) is 4.40. The first kappa shape index (κ1) is 18.4. The van der Waals surface area contributed by atoms with Crippen LogP contribution in [-0.4, -0.2) is 30.8 Å². The number of pyridine rings is 1. The molecular formula is C18H21FN2O2S2. The minimum absolute atomic E-state index is 0.0211. The van der Waals surface area contributed by atoms with Gasteiger partial charge in [0.05, 0.1) is 5.03 Å². The highest BCUT2D eigenvalue weighted by molar-refractivity contribution is 7.99. The van der Waals surface area contributed by atoms with Crippen LogP contribution >= 0.6 is 11.8 Å². The minimum atomic E-state index is -3.45. The van der Waals surface area contributed by atoms with Gasteiger partial charge in [0.2, 0.25) is 10.0 Å². The third-order valence-corrected chi connectivity index (χ3v) is 7.27. The van der Waals surface area contributed by atoms with E-state index < -0.39 is 10.0 Å². The van der Waals surface area contributed by atoms with Crippen molar-refractivity contribution in [3.63, 3.8) is 0 Å². The summed E-state index contributed by atoms with van der Waals surface area (Å²) in [6.07, 6.45) is 4.32. The van der Waals surface area contributed by atoms with E-state index in [2.05, 4.69) is 4.98 Å². The molecule has 7 heteroatoms. The molecule has 134 valence electrons. The number of aromatic nitrogens is 1. The van der Waals surface area contributed by atoms with Gasteiger partial charge in [0, 0.05) is 24.5 Å². The van der Waals surface area contributed by atoms with Crippen molar-refractivity contribution in [3.05, 3.63) is 54.0 Å². The first-order chi connectivity index (χ1) is 12.0. The fourth-order valence-electron chi connectivity index (χ4n) is 2.85. The SMILES string of the molecule is CC(Sc1ccc(S(=O)(=O)N2CCCCC2)cn1)c1cccc(F)c1. The van der Waals surface area contributed by atoms with Gasteiger partial charge in [-0.3, -0.25) is 0 Å². The van der Waals surface area contributed by atoms with E-state index in [1.54, 1.807) is 18.2 Å². The average Bonchev–Trinajstić information content (AvgIpc) is 2.63. The maximum atomic E-state index is 13.3. The van der Waals surface area contributed by atoms with Crippen LogP contribution in [0.2, 0.25) is 0 Å². The van der Waals surface area contributed by atoms with Gasteiger partial charge in [-0.25, -0.2) is 17.8 Å². The number of sulfonamides is 1. The summed E-state index contributed by atoms with van der Waals surface area (Å²) < 4.78 is 40.1. The highest BCUT2D eigenvalue weighted by atomic mass is 32.2.